The van der Waals surface area contributed by atoms with Gasteiger partial charge in [0.25, 0.3) is 5.91 Å². The summed E-state index contributed by atoms with van der Waals surface area (Å²) in [5.41, 5.74) is 1.52. The van der Waals surface area contributed by atoms with Crippen molar-refractivity contribution in [1.29, 1.82) is 0 Å². The lowest BCUT2D eigenvalue weighted by molar-refractivity contribution is -0.174. The van der Waals surface area contributed by atoms with E-state index in [2.05, 4.69) is 20.8 Å². The number of nitrogens with one attached hydrogen (secondary N) is 2. The molecule has 0 aliphatic carbocycles. The first kappa shape index (κ1) is 20.0. The predicted octanol–water partition coefficient (Wildman–Crippen LogP) is 3.59. The van der Waals surface area contributed by atoms with Crippen LogP contribution in [0, 0.1) is 6.92 Å². The molecule has 0 saturated carbocycles. The van der Waals surface area contributed by atoms with Gasteiger partial charge >= 0.3 is 6.18 Å². The maximum atomic E-state index is 13.7. The van der Waals surface area contributed by atoms with E-state index in [1.807, 2.05) is 20.0 Å². The van der Waals surface area contributed by atoms with E-state index in [0.717, 1.165) is 15.9 Å². The number of aromatic nitrogens is 4. The van der Waals surface area contributed by atoms with Crippen LogP contribution in [0.25, 0.3) is 0 Å². The van der Waals surface area contributed by atoms with Crippen LogP contribution in [0.4, 0.5) is 19.0 Å². The van der Waals surface area contributed by atoms with Gasteiger partial charge in [0.1, 0.15) is 11.6 Å². The first-order valence-electron chi connectivity index (χ1n) is 9.53. The van der Waals surface area contributed by atoms with Gasteiger partial charge in [-0.25, -0.2) is 4.68 Å². The monoisotopic (exact) mass is 422 g/mol. The third kappa shape index (κ3) is 3.79. The lowest BCUT2D eigenvalue weighted by Gasteiger charge is -2.32. The van der Waals surface area contributed by atoms with Gasteiger partial charge in [0, 0.05) is 37.3 Å². The smallest absolute Gasteiger partial charge is 0.410 e. The Kier molecular flexibility index (Phi) is 5.04. The Balaban J connectivity index is 1.55. The van der Waals surface area contributed by atoms with Gasteiger partial charge < -0.3 is 15.1 Å². The fraction of sp³-hybridized carbons (Fsp3) is 0.421. The van der Waals surface area contributed by atoms with Crippen molar-refractivity contribution in [3.8, 4) is 0 Å². The lowest BCUT2D eigenvalue weighted by Crippen LogP contribution is -2.35. The fourth-order valence-corrected chi connectivity index (χ4v) is 3.52. The van der Waals surface area contributed by atoms with E-state index >= 15 is 0 Å². The fourth-order valence-electron chi connectivity index (χ4n) is 3.52. The zero-order valence-corrected chi connectivity index (χ0v) is 16.4. The number of hydrogen-bond donors (Lipinski definition) is 2. The van der Waals surface area contributed by atoms with Crippen molar-refractivity contribution in [2.24, 2.45) is 0 Å². The van der Waals surface area contributed by atoms with Crippen molar-refractivity contribution in [1.82, 2.24) is 24.9 Å². The number of rotatable bonds is 5. The number of carbonyl (C=O) groups excluding carboxylic acids is 1. The molecular weight excluding hydrogens is 401 g/mol. The van der Waals surface area contributed by atoms with E-state index < -0.39 is 24.2 Å². The number of anilines is 1. The zero-order valence-electron chi connectivity index (χ0n) is 16.4. The van der Waals surface area contributed by atoms with Crippen LogP contribution in [-0.2, 0) is 13.1 Å². The highest BCUT2D eigenvalue weighted by atomic mass is 19.4. The van der Waals surface area contributed by atoms with Crippen molar-refractivity contribution in [2.75, 3.05) is 5.32 Å². The number of aryl methyl sites for hydroxylation is 2. The molecule has 8 nitrogen and oxygen atoms in total. The lowest BCUT2D eigenvalue weighted by atomic mass is 10.0. The predicted molar refractivity (Wildman–Crippen MR) is 101 cm³/mol. The topological polar surface area (TPSA) is 89.9 Å². The molecule has 160 valence electrons. The summed E-state index contributed by atoms with van der Waals surface area (Å²) < 4.78 is 48.8. The van der Waals surface area contributed by atoms with Crippen molar-refractivity contribution in [3.05, 3.63) is 53.4 Å². The molecule has 30 heavy (non-hydrogen) atoms. The van der Waals surface area contributed by atoms with Crippen molar-refractivity contribution >= 4 is 11.7 Å². The molecule has 2 N–H and O–H groups in total. The van der Waals surface area contributed by atoms with E-state index in [-0.39, 0.29) is 24.5 Å². The minimum absolute atomic E-state index is 0.0904. The number of carbonyl (C=O) groups is 1. The molecule has 1 aliphatic heterocycles. The summed E-state index contributed by atoms with van der Waals surface area (Å²) in [6.45, 7) is 4.68. The maximum absolute atomic E-state index is 13.7. The standard InChI is InChI=1S/C19H21F3N6O2/c1-3-27-10-12(11(2)25-27)9-23-18(29)14-8-17-24-13(15-5-4-6-30-15)7-16(19(20,21)22)28(17)26-14/h4-6,8,10,13,16,24H,3,7,9H2,1-2H3,(H,23,29)/t13-,16-/m0/s1. The first-order valence-corrected chi connectivity index (χ1v) is 9.53. The van der Waals surface area contributed by atoms with Gasteiger partial charge in [0.15, 0.2) is 11.7 Å². The minimum atomic E-state index is -4.52. The van der Waals surface area contributed by atoms with Crippen molar-refractivity contribution in [3.63, 3.8) is 0 Å². The first-order chi connectivity index (χ1) is 14.3. The third-order valence-electron chi connectivity index (χ3n) is 5.12. The molecule has 3 aromatic rings. The maximum Gasteiger partial charge on any atom is 0.410 e. The van der Waals surface area contributed by atoms with Gasteiger partial charge in [-0.05, 0) is 26.0 Å². The number of furan rings is 1. The minimum Gasteiger partial charge on any atom is -0.467 e. The second-order valence-electron chi connectivity index (χ2n) is 7.14. The number of fused-ring (bicyclic) bond motifs is 1. The molecule has 0 unspecified atom stereocenters. The van der Waals surface area contributed by atoms with E-state index in [1.54, 1.807) is 16.8 Å². The number of amides is 1. The van der Waals surface area contributed by atoms with Gasteiger partial charge in [-0.15, -0.1) is 0 Å². The summed E-state index contributed by atoms with van der Waals surface area (Å²) in [5, 5.41) is 13.9. The Hall–Kier alpha value is -3.24. The number of nitrogens with zero attached hydrogens (tertiary/aromatic N) is 4. The van der Waals surface area contributed by atoms with Gasteiger partial charge in [-0.1, -0.05) is 0 Å². The average molecular weight is 422 g/mol. The summed E-state index contributed by atoms with van der Waals surface area (Å²) >= 11 is 0. The van der Waals surface area contributed by atoms with Crippen LogP contribution in [0.15, 0.2) is 35.1 Å². The highest BCUT2D eigenvalue weighted by Crippen LogP contribution is 2.43. The Morgan fingerprint density at radius 3 is 2.83 bits per heavy atom. The second kappa shape index (κ2) is 7.54. The SMILES string of the molecule is CCn1cc(CNC(=O)c2cc3n(n2)[C@H](C(F)(F)F)C[C@@H](c2ccco2)N3)c(C)n1. The van der Waals surface area contributed by atoms with Crippen LogP contribution in [-0.4, -0.2) is 31.6 Å². The van der Waals surface area contributed by atoms with E-state index in [4.69, 9.17) is 4.42 Å². The van der Waals surface area contributed by atoms with Gasteiger partial charge in [-0.3, -0.25) is 9.48 Å². The number of hydrogen-bond acceptors (Lipinski definition) is 5. The molecule has 4 rings (SSSR count). The van der Waals surface area contributed by atoms with Crippen molar-refractivity contribution in [2.45, 2.75) is 51.6 Å². The summed E-state index contributed by atoms with van der Waals surface area (Å²) in [7, 11) is 0. The summed E-state index contributed by atoms with van der Waals surface area (Å²) in [6.07, 6.45) is -1.58. The van der Waals surface area contributed by atoms with Crippen molar-refractivity contribution < 1.29 is 22.4 Å². The molecule has 0 aromatic carbocycles. The normalized spacial score (nSPS) is 18.7. The third-order valence-corrected chi connectivity index (χ3v) is 5.12. The Labute approximate surface area is 170 Å². The Morgan fingerprint density at radius 1 is 1.40 bits per heavy atom. The molecule has 1 aliphatic rings. The van der Waals surface area contributed by atoms with E-state index in [1.165, 1.54) is 12.3 Å². The van der Waals surface area contributed by atoms with Crippen LogP contribution in [0.3, 0.4) is 0 Å². The summed E-state index contributed by atoms with van der Waals surface area (Å²) in [6, 6.07) is 2.02. The molecule has 0 fully saturated rings. The highest BCUT2D eigenvalue weighted by Gasteiger charge is 2.47. The molecule has 3 aromatic heterocycles. The summed E-state index contributed by atoms with van der Waals surface area (Å²) in [4.78, 5) is 12.5. The Morgan fingerprint density at radius 2 is 2.20 bits per heavy atom. The quantitative estimate of drug-likeness (QED) is 0.656. The van der Waals surface area contributed by atoms with Gasteiger partial charge in [0.2, 0.25) is 0 Å². The molecule has 2 atom stereocenters. The zero-order chi connectivity index (χ0) is 21.5. The molecule has 11 heteroatoms. The van der Waals surface area contributed by atoms with E-state index in [0.29, 0.717) is 12.3 Å². The molecule has 1 amide bonds. The van der Waals surface area contributed by atoms with E-state index in [9.17, 15) is 18.0 Å². The van der Waals surface area contributed by atoms with Crippen LogP contribution < -0.4 is 10.6 Å². The molecule has 4 heterocycles. The Bertz CT molecular complexity index is 1040. The van der Waals surface area contributed by atoms with Crippen LogP contribution in [0.5, 0.6) is 0 Å². The average Bonchev–Trinajstić information content (AvgIpc) is 3.43. The number of halogens is 3. The molecule has 0 saturated heterocycles. The number of alkyl halides is 3. The summed E-state index contributed by atoms with van der Waals surface area (Å²) in [5.74, 6) is -0.0472. The van der Waals surface area contributed by atoms with Gasteiger partial charge in [0.05, 0.1) is 18.0 Å². The van der Waals surface area contributed by atoms with Crippen LogP contribution >= 0.6 is 0 Å². The molecule has 0 bridgehead atoms. The second-order valence-corrected chi connectivity index (χ2v) is 7.14. The molecule has 0 radical (unpaired) electrons. The van der Waals surface area contributed by atoms with Gasteiger partial charge in [-0.2, -0.15) is 23.4 Å². The molecule has 0 spiro atoms. The van der Waals surface area contributed by atoms with Crippen LogP contribution in [0.2, 0.25) is 0 Å². The van der Waals surface area contributed by atoms with Crippen LogP contribution in [0.1, 0.15) is 52.9 Å². The highest BCUT2D eigenvalue weighted by molar-refractivity contribution is 5.93. The molecular formula is C19H21F3N6O2. The largest absolute Gasteiger partial charge is 0.467 e.